The number of carboxylic acid groups (broad SMARTS) is 1. The van der Waals surface area contributed by atoms with Gasteiger partial charge in [-0.3, -0.25) is 9.59 Å². The molecule has 0 spiro atoms. The van der Waals surface area contributed by atoms with Gasteiger partial charge in [-0.05, 0) is 42.0 Å². The van der Waals surface area contributed by atoms with Gasteiger partial charge in [0.05, 0.1) is 5.41 Å². The number of nitrogens with one attached hydrogen (secondary N) is 1. The van der Waals surface area contributed by atoms with Crippen molar-refractivity contribution in [3.05, 3.63) is 72.3 Å². The number of alkyl carbamates (subject to hydrolysis) is 1. The summed E-state index contributed by atoms with van der Waals surface area (Å²) in [6.45, 7) is 5.38. The molecule has 0 aromatic heterocycles. The van der Waals surface area contributed by atoms with Crippen molar-refractivity contribution >= 4 is 18.0 Å². The van der Waals surface area contributed by atoms with Crippen molar-refractivity contribution < 1.29 is 24.2 Å². The summed E-state index contributed by atoms with van der Waals surface area (Å²) < 4.78 is 5.70. The number of aliphatic carboxylic acids is 1. The minimum absolute atomic E-state index is 0.0498. The number of ether oxygens (including phenoxy) is 1. The Balaban J connectivity index is 1.46. The maximum atomic E-state index is 13.4. The molecule has 184 valence electrons. The van der Waals surface area contributed by atoms with Crippen LogP contribution in [0.3, 0.4) is 0 Å². The van der Waals surface area contributed by atoms with Crippen LogP contribution in [0.2, 0.25) is 0 Å². The van der Waals surface area contributed by atoms with Crippen LogP contribution >= 0.6 is 0 Å². The van der Waals surface area contributed by atoms with Gasteiger partial charge in [-0.25, -0.2) is 4.79 Å². The first-order valence-electron chi connectivity index (χ1n) is 12.1. The van der Waals surface area contributed by atoms with Gasteiger partial charge in [-0.2, -0.15) is 0 Å². The lowest BCUT2D eigenvalue weighted by atomic mass is 9.70. The maximum absolute atomic E-state index is 13.4. The van der Waals surface area contributed by atoms with E-state index < -0.39 is 30.1 Å². The zero-order chi connectivity index (χ0) is 25.0. The summed E-state index contributed by atoms with van der Waals surface area (Å²) in [4.78, 5) is 38.9. The molecule has 0 radical (unpaired) electrons. The molecule has 1 fully saturated rings. The fraction of sp³-hybridized carbons (Fsp3) is 0.393. The highest BCUT2D eigenvalue weighted by atomic mass is 16.5. The Morgan fingerprint density at radius 1 is 1.11 bits per heavy atom. The Kier molecular flexibility index (Phi) is 7.24. The summed E-state index contributed by atoms with van der Waals surface area (Å²) >= 11 is 0. The van der Waals surface area contributed by atoms with E-state index in [1.165, 1.54) is 11.0 Å². The van der Waals surface area contributed by atoms with E-state index in [4.69, 9.17) is 4.74 Å². The molecule has 2 aliphatic carbocycles. The molecule has 2 aromatic rings. The standard InChI is InChI=1S/C28H32N2O5/c1-3-16-30(17-25(31)32)26(33)28(2)15-9-8-14-24(28)29-27(34)35-18-23-21-12-6-4-10-19(21)20-11-5-7-13-22(20)23/h3-7,10-13,23-24H,1,8-9,14-18H2,2H3,(H,29,34)(H,31,32). The first-order valence-corrected chi connectivity index (χ1v) is 12.1. The van der Waals surface area contributed by atoms with E-state index in [1.807, 2.05) is 24.3 Å². The third-order valence-electron chi connectivity index (χ3n) is 7.30. The largest absolute Gasteiger partial charge is 0.480 e. The Labute approximate surface area is 205 Å². The third kappa shape index (κ3) is 4.94. The molecule has 0 saturated heterocycles. The number of hydrogen-bond acceptors (Lipinski definition) is 4. The number of carbonyl (C=O) groups is 3. The molecular weight excluding hydrogens is 444 g/mol. The van der Waals surface area contributed by atoms with E-state index >= 15 is 0 Å². The van der Waals surface area contributed by atoms with Crippen molar-refractivity contribution in [2.75, 3.05) is 19.7 Å². The minimum atomic E-state index is -1.08. The van der Waals surface area contributed by atoms with Crippen LogP contribution in [0.25, 0.3) is 11.1 Å². The lowest BCUT2D eigenvalue weighted by Gasteiger charge is -2.42. The highest BCUT2D eigenvalue weighted by Crippen LogP contribution is 2.44. The van der Waals surface area contributed by atoms with Gasteiger partial charge >= 0.3 is 12.1 Å². The second kappa shape index (κ2) is 10.3. The fourth-order valence-electron chi connectivity index (χ4n) is 5.50. The van der Waals surface area contributed by atoms with Gasteiger partial charge in [0.2, 0.25) is 5.91 Å². The molecule has 7 heteroatoms. The van der Waals surface area contributed by atoms with Gasteiger partial charge in [-0.15, -0.1) is 6.58 Å². The SMILES string of the molecule is C=CCN(CC(=O)O)C(=O)C1(C)CCCCC1NC(=O)OCC1c2ccccc2-c2ccccc21. The Morgan fingerprint density at radius 2 is 1.74 bits per heavy atom. The number of carbonyl (C=O) groups excluding carboxylic acids is 2. The highest BCUT2D eigenvalue weighted by molar-refractivity contribution is 5.87. The van der Waals surface area contributed by atoms with Crippen LogP contribution in [0, 0.1) is 5.41 Å². The highest BCUT2D eigenvalue weighted by Gasteiger charge is 2.46. The van der Waals surface area contributed by atoms with Crippen molar-refractivity contribution in [3.63, 3.8) is 0 Å². The van der Waals surface area contributed by atoms with Gasteiger partial charge in [0.15, 0.2) is 0 Å². The van der Waals surface area contributed by atoms with Crippen LogP contribution < -0.4 is 5.32 Å². The molecule has 2 N–H and O–H groups in total. The average Bonchev–Trinajstić information content (AvgIpc) is 3.17. The molecule has 2 aromatic carbocycles. The molecule has 2 aliphatic rings. The molecule has 0 aliphatic heterocycles. The third-order valence-corrected chi connectivity index (χ3v) is 7.30. The van der Waals surface area contributed by atoms with E-state index in [-0.39, 0.29) is 25.0 Å². The Morgan fingerprint density at radius 3 is 2.34 bits per heavy atom. The minimum Gasteiger partial charge on any atom is -0.480 e. The first-order chi connectivity index (χ1) is 16.8. The number of fused-ring (bicyclic) bond motifs is 3. The lowest BCUT2D eigenvalue weighted by molar-refractivity contribution is -0.151. The first kappa shape index (κ1) is 24.5. The van der Waals surface area contributed by atoms with E-state index in [0.717, 1.165) is 35.1 Å². The molecule has 0 bridgehead atoms. The maximum Gasteiger partial charge on any atom is 0.407 e. The van der Waals surface area contributed by atoms with E-state index in [1.54, 1.807) is 6.92 Å². The molecule has 2 atom stereocenters. The second-order valence-electron chi connectivity index (χ2n) is 9.55. The monoisotopic (exact) mass is 476 g/mol. The van der Waals surface area contributed by atoms with Gasteiger partial charge in [0, 0.05) is 18.5 Å². The lowest BCUT2D eigenvalue weighted by Crippen LogP contribution is -2.57. The van der Waals surface area contributed by atoms with Crippen LogP contribution in [0.5, 0.6) is 0 Å². The average molecular weight is 477 g/mol. The molecule has 35 heavy (non-hydrogen) atoms. The van der Waals surface area contributed by atoms with E-state index in [0.29, 0.717) is 12.8 Å². The number of carboxylic acids is 1. The Bertz CT molecular complexity index is 1080. The van der Waals surface area contributed by atoms with Crippen LogP contribution in [0.1, 0.15) is 49.7 Å². The Hall–Kier alpha value is -3.61. The zero-order valence-electron chi connectivity index (χ0n) is 20.0. The van der Waals surface area contributed by atoms with Crippen molar-refractivity contribution in [2.24, 2.45) is 5.41 Å². The summed E-state index contributed by atoms with van der Waals surface area (Å²) in [5.41, 5.74) is 3.66. The fourth-order valence-corrected chi connectivity index (χ4v) is 5.50. The quantitative estimate of drug-likeness (QED) is 0.544. The molecule has 4 rings (SSSR count). The van der Waals surface area contributed by atoms with Gasteiger partial charge in [-0.1, -0.05) is 67.4 Å². The number of hydrogen-bond donors (Lipinski definition) is 2. The molecule has 0 heterocycles. The summed E-state index contributed by atoms with van der Waals surface area (Å²) in [6, 6.07) is 15.8. The number of benzene rings is 2. The van der Waals surface area contributed by atoms with Crippen LogP contribution in [0.4, 0.5) is 4.79 Å². The van der Waals surface area contributed by atoms with E-state index in [9.17, 15) is 19.5 Å². The summed E-state index contributed by atoms with van der Waals surface area (Å²) in [7, 11) is 0. The summed E-state index contributed by atoms with van der Waals surface area (Å²) in [5, 5.41) is 12.2. The number of amides is 2. The van der Waals surface area contributed by atoms with Crippen molar-refractivity contribution in [1.82, 2.24) is 10.2 Å². The van der Waals surface area contributed by atoms with Crippen LogP contribution in [-0.2, 0) is 14.3 Å². The van der Waals surface area contributed by atoms with Crippen molar-refractivity contribution in [1.29, 1.82) is 0 Å². The summed E-state index contributed by atoms with van der Waals surface area (Å²) in [5.74, 6) is -1.42. The van der Waals surface area contributed by atoms with Gasteiger partial charge < -0.3 is 20.1 Å². The predicted molar refractivity (Wildman–Crippen MR) is 133 cm³/mol. The van der Waals surface area contributed by atoms with Crippen LogP contribution in [-0.4, -0.2) is 53.7 Å². The number of rotatable bonds is 8. The van der Waals surface area contributed by atoms with Gasteiger partial charge in [0.1, 0.15) is 13.2 Å². The topological polar surface area (TPSA) is 95.9 Å². The normalized spacial score (nSPS) is 20.9. The molecule has 2 amide bonds. The molecule has 7 nitrogen and oxygen atoms in total. The summed E-state index contributed by atoms with van der Waals surface area (Å²) in [6.07, 6.45) is 3.85. The molecular formula is C28H32N2O5. The van der Waals surface area contributed by atoms with Crippen molar-refractivity contribution in [3.8, 4) is 11.1 Å². The van der Waals surface area contributed by atoms with Crippen molar-refractivity contribution in [2.45, 2.75) is 44.6 Å². The van der Waals surface area contributed by atoms with Crippen LogP contribution in [0.15, 0.2) is 61.2 Å². The zero-order valence-corrected chi connectivity index (χ0v) is 20.0. The second-order valence-corrected chi connectivity index (χ2v) is 9.55. The smallest absolute Gasteiger partial charge is 0.407 e. The molecule has 1 saturated carbocycles. The number of nitrogens with zero attached hydrogens (tertiary/aromatic N) is 1. The van der Waals surface area contributed by atoms with Gasteiger partial charge in [0.25, 0.3) is 0 Å². The van der Waals surface area contributed by atoms with E-state index in [2.05, 4.69) is 36.2 Å². The predicted octanol–water partition coefficient (Wildman–Crippen LogP) is 4.57. The molecule has 2 unspecified atom stereocenters.